The van der Waals surface area contributed by atoms with Crippen LogP contribution in [-0.2, 0) is 23.3 Å². The number of imide groups is 1. The Balaban J connectivity index is 1.41. The van der Waals surface area contributed by atoms with E-state index in [4.69, 9.17) is 16.0 Å². The Morgan fingerprint density at radius 1 is 1.18 bits per heavy atom. The Hall–Kier alpha value is -3.12. The molecule has 7 heteroatoms. The number of rotatable bonds is 3. The number of oxazole rings is 1. The molecule has 0 bridgehead atoms. The van der Waals surface area contributed by atoms with Gasteiger partial charge in [-0.2, -0.15) is 0 Å². The van der Waals surface area contributed by atoms with Gasteiger partial charge in [-0.1, -0.05) is 48.0 Å². The van der Waals surface area contributed by atoms with Crippen LogP contribution in [0.2, 0.25) is 5.02 Å². The summed E-state index contributed by atoms with van der Waals surface area (Å²) in [6.45, 7) is -0.0187. The molecule has 1 aliphatic heterocycles. The number of aromatic nitrogens is 1. The number of hydrogen-bond acceptors (Lipinski definition) is 4. The standard InChI is InChI=1S/C21H16ClN3O3/c22-15-6-3-5-14(10-15)17-11-23-18(28-17)12-25-19(26)21(24-20(25)27)9-8-13-4-1-2-7-16(13)21/h1-7,10-11H,8-9,12H2,(H,24,27)/t21-/m0/s1. The third-order valence-electron chi connectivity index (χ3n) is 5.38. The molecule has 0 saturated carbocycles. The van der Waals surface area contributed by atoms with Crippen LogP contribution in [-0.4, -0.2) is 21.8 Å². The zero-order valence-electron chi connectivity index (χ0n) is 14.8. The van der Waals surface area contributed by atoms with Gasteiger partial charge in [-0.15, -0.1) is 0 Å². The summed E-state index contributed by atoms with van der Waals surface area (Å²) < 4.78 is 5.76. The molecule has 28 heavy (non-hydrogen) atoms. The second-order valence-corrected chi connectivity index (χ2v) is 7.45. The number of benzene rings is 2. The van der Waals surface area contributed by atoms with E-state index >= 15 is 0 Å². The van der Waals surface area contributed by atoms with Gasteiger partial charge < -0.3 is 9.73 Å². The summed E-state index contributed by atoms with van der Waals surface area (Å²) >= 11 is 6.02. The summed E-state index contributed by atoms with van der Waals surface area (Å²) in [7, 11) is 0. The fourth-order valence-corrected chi connectivity index (χ4v) is 4.22. The Morgan fingerprint density at radius 2 is 2.04 bits per heavy atom. The van der Waals surface area contributed by atoms with E-state index in [0.717, 1.165) is 23.1 Å². The van der Waals surface area contributed by atoms with Crippen molar-refractivity contribution in [3.05, 3.63) is 76.8 Å². The van der Waals surface area contributed by atoms with Crippen molar-refractivity contribution in [2.45, 2.75) is 24.9 Å². The van der Waals surface area contributed by atoms with Crippen LogP contribution in [0.3, 0.4) is 0 Å². The predicted octanol–water partition coefficient (Wildman–Crippen LogP) is 3.89. The zero-order valence-corrected chi connectivity index (χ0v) is 15.6. The van der Waals surface area contributed by atoms with E-state index in [9.17, 15) is 9.59 Å². The van der Waals surface area contributed by atoms with Crippen molar-refractivity contribution in [2.75, 3.05) is 0 Å². The van der Waals surface area contributed by atoms with Crippen molar-refractivity contribution in [1.82, 2.24) is 15.2 Å². The number of carbonyl (C=O) groups excluding carboxylic acids is 2. The summed E-state index contributed by atoms with van der Waals surface area (Å²) in [4.78, 5) is 31.2. The van der Waals surface area contributed by atoms with Gasteiger partial charge in [0, 0.05) is 10.6 Å². The summed E-state index contributed by atoms with van der Waals surface area (Å²) in [5.74, 6) is 0.567. The van der Waals surface area contributed by atoms with Gasteiger partial charge in [0.2, 0.25) is 5.89 Å². The van der Waals surface area contributed by atoms with Gasteiger partial charge >= 0.3 is 6.03 Å². The first-order valence-electron chi connectivity index (χ1n) is 9.00. The lowest BCUT2D eigenvalue weighted by Gasteiger charge is -2.22. The molecule has 1 aliphatic carbocycles. The maximum atomic E-state index is 13.2. The molecule has 3 aromatic rings. The molecular weight excluding hydrogens is 378 g/mol. The zero-order chi connectivity index (χ0) is 19.3. The molecule has 1 fully saturated rings. The van der Waals surface area contributed by atoms with E-state index in [1.165, 1.54) is 4.90 Å². The van der Waals surface area contributed by atoms with E-state index in [0.29, 0.717) is 23.1 Å². The van der Waals surface area contributed by atoms with E-state index in [2.05, 4.69) is 10.3 Å². The minimum absolute atomic E-state index is 0.0187. The molecule has 1 saturated heterocycles. The Labute approximate surface area is 166 Å². The molecule has 2 heterocycles. The average Bonchev–Trinajstić information content (AvgIpc) is 3.37. The third-order valence-corrected chi connectivity index (χ3v) is 5.61. The van der Waals surface area contributed by atoms with Crippen molar-refractivity contribution in [3.63, 3.8) is 0 Å². The first-order chi connectivity index (χ1) is 13.6. The number of carbonyl (C=O) groups is 2. The molecule has 2 aromatic carbocycles. The van der Waals surface area contributed by atoms with Crippen molar-refractivity contribution < 1.29 is 14.0 Å². The second-order valence-electron chi connectivity index (χ2n) is 7.01. The van der Waals surface area contributed by atoms with Gasteiger partial charge in [-0.25, -0.2) is 9.78 Å². The number of fused-ring (bicyclic) bond motifs is 2. The second kappa shape index (κ2) is 6.21. The van der Waals surface area contributed by atoms with Gasteiger partial charge in [0.25, 0.3) is 5.91 Å². The van der Waals surface area contributed by atoms with Crippen molar-refractivity contribution in [3.8, 4) is 11.3 Å². The largest absolute Gasteiger partial charge is 0.439 e. The highest BCUT2D eigenvalue weighted by Gasteiger charge is 2.55. The van der Waals surface area contributed by atoms with E-state index in [-0.39, 0.29) is 12.5 Å². The number of hydrogen-bond donors (Lipinski definition) is 1. The lowest BCUT2D eigenvalue weighted by Crippen LogP contribution is -2.41. The van der Waals surface area contributed by atoms with Gasteiger partial charge in [-0.05, 0) is 36.1 Å². The first-order valence-corrected chi connectivity index (χ1v) is 9.38. The average molecular weight is 394 g/mol. The third kappa shape index (κ3) is 2.52. The maximum absolute atomic E-state index is 13.2. The highest BCUT2D eigenvalue weighted by molar-refractivity contribution is 6.30. The van der Waals surface area contributed by atoms with Crippen LogP contribution in [0.25, 0.3) is 11.3 Å². The lowest BCUT2D eigenvalue weighted by molar-refractivity contribution is -0.132. The number of nitrogens with zero attached hydrogens (tertiary/aromatic N) is 2. The molecule has 1 atom stereocenters. The topological polar surface area (TPSA) is 75.4 Å². The monoisotopic (exact) mass is 393 g/mol. The Bertz CT molecular complexity index is 1110. The van der Waals surface area contributed by atoms with Gasteiger partial charge in [0.05, 0.1) is 6.20 Å². The number of nitrogens with one attached hydrogen (secondary N) is 1. The molecule has 5 rings (SSSR count). The number of aryl methyl sites for hydroxylation is 1. The highest BCUT2D eigenvalue weighted by atomic mass is 35.5. The predicted molar refractivity (Wildman–Crippen MR) is 102 cm³/mol. The minimum Gasteiger partial charge on any atom is -0.439 e. The first kappa shape index (κ1) is 17.0. The summed E-state index contributed by atoms with van der Waals surface area (Å²) in [5.41, 5.74) is 1.78. The van der Waals surface area contributed by atoms with E-state index in [1.807, 2.05) is 36.4 Å². The van der Waals surface area contributed by atoms with Crippen LogP contribution >= 0.6 is 11.6 Å². The normalized spacial score (nSPS) is 20.7. The fourth-order valence-electron chi connectivity index (χ4n) is 4.03. The molecule has 6 nitrogen and oxygen atoms in total. The Kier molecular flexibility index (Phi) is 3.77. The van der Waals surface area contributed by atoms with Gasteiger partial charge in [0.15, 0.2) is 5.76 Å². The smallest absolute Gasteiger partial charge is 0.325 e. The number of urea groups is 1. The fraction of sp³-hybridized carbons (Fsp3) is 0.190. The molecule has 3 amide bonds. The van der Waals surface area contributed by atoms with Gasteiger partial charge in [-0.3, -0.25) is 9.69 Å². The van der Waals surface area contributed by atoms with Crippen LogP contribution in [0.5, 0.6) is 0 Å². The van der Waals surface area contributed by atoms with E-state index in [1.54, 1.807) is 18.3 Å². The SMILES string of the molecule is O=C1N[C@]2(CCc3ccccc32)C(=O)N1Cc1ncc(-c2cccc(Cl)c2)o1. The molecule has 0 radical (unpaired) electrons. The summed E-state index contributed by atoms with van der Waals surface area (Å²) in [5, 5.41) is 3.49. The lowest BCUT2D eigenvalue weighted by atomic mass is 9.92. The van der Waals surface area contributed by atoms with Crippen LogP contribution in [0.1, 0.15) is 23.4 Å². The quantitative estimate of drug-likeness (QED) is 0.685. The Morgan fingerprint density at radius 3 is 2.89 bits per heavy atom. The molecule has 140 valence electrons. The number of halogens is 1. The van der Waals surface area contributed by atoms with Crippen LogP contribution < -0.4 is 5.32 Å². The highest BCUT2D eigenvalue weighted by Crippen LogP contribution is 2.41. The maximum Gasteiger partial charge on any atom is 0.325 e. The van der Waals surface area contributed by atoms with Crippen molar-refractivity contribution in [1.29, 1.82) is 0 Å². The molecule has 2 aliphatic rings. The van der Waals surface area contributed by atoms with Gasteiger partial charge in [0.1, 0.15) is 12.1 Å². The number of amides is 3. The summed E-state index contributed by atoms with van der Waals surface area (Å²) in [6.07, 6.45) is 2.89. The molecule has 1 N–H and O–H groups in total. The molecular formula is C21H16ClN3O3. The molecule has 1 spiro atoms. The van der Waals surface area contributed by atoms with Crippen LogP contribution in [0.15, 0.2) is 59.1 Å². The molecule has 1 aromatic heterocycles. The van der Waals surface area contributed by atoms with Crippen molar-refractivity contribution >= 4 is 23.5 Å². The van der Waals surface area contributed by atoms with Crippen LogP contribution in [0.4, 0.5) is 4.79 Å². The minimum atomic E-state index is -0.976. The summed E-state index contributed by atoms with van der Waals surface area (Å²) in [6, 6.07) is 14.5. The molecule has 0 unspecified atom stereocenters. The van der Waals surface area contributed by atoms with Crippen LogP contribution in [0, 0.1) is 0 Å². The van der Waals surface area contributed by atoms with E-state index < -0.39 is 11.6 Å². The van der Waals surface area contributed by atoms with Crippen molar-refractivity contribution in [2.24, 2.45) is 0 Å².